The van der Waals surface area contributed by atoms with Crippen LogP contribution in [0.15, 0.2) is 29.0 Å². The van der Waals surface area contributed by atoms with E-state index in [1.54, 1.807) is 19.4 Å². The molecule has 6 heteroatoms. The second-order valence-electron chi connectivity index (χ2n) is 4.20. The van der Waals surface area contributed by atoms with Crippen molar-refractivity contribution in [2.24, 2.45) is 0 Å². The van der Waals surface area contributed by atoms with Crippen molar-refractivity contribution >= 4 is 38.6 Å². The monoisotopic (exact) mass is 322 g/mol. The van der Waals surface area contributed by atoms with Gasteiger partial charge in [-0.05, 0) is 28.1 Å². The molecular weight excluding hydrogens is 308 g/mol. The summed E-state index contributed by atoms with van der Waals surface area (Å²) >= 11 is 3.38. The zero-order valence-corrected chi connectivity index (χ0v) is 12.4. The highest BCUT2D eigenvalue weighted by molar-refractivity contribution is 9.10. The van der Waals surface area contributed by atoms with Crippen LogP contribution in [0.4, 0.5) is 5.69 Å². The van der Waals surface area contributed by atoms with Gasteiger partial charge in [-0.2, -0.15) is 0 Å². The number of carbonyl (C=O) groups excluding carboxylic acids is 1. The molecule has 0 saturated heterocycles. The molecule has 0 saturated carbocycles. The van der Waals surface area contributed by atoms with E-state index in [0.29, 0.717) is 13.0 Å². The number of fused-ring (bicyclic) bond motifs is 1. The molecule has 0 radical (unpaired) electrons. The molecule has 0 aliphatic carbocycles. The van der Waals surface area contributed by atoms with Crippen molar-refractivity contribution in [3.05, 3.63) is 29.0 Å². The number of aromatic nitrogens is 2. The molecule has 0 spiro atoms. The number of rotatable bonds is 4. The maximum atomic E-state index is 11.3. The van der Waals surface area contributed by atoms with Gasteiger partial charge < -0.3 is 10.2 Å². The molecule has 0 bridgehead atoms. The predicted octanol–water partition coefficient (Wildman–Crippen LogP) is 1.96. The number of nitrogens with zero attached hydrogens (tertiary/aromatic N) is 3. The van der Waals surface area contributed by atoms with Crippen LogP contribution in [0.1, 0.15) is 6.42 Å². The first kappa shape index (κ1) is 13.7. The van der Waals surface area contributed by atoms with Crippen molar-refractivity contribution in [1.29, 1.82) is 0 Å². The standard InChI is InChI=1S/C13H15BrN4O/c1-15-12(19)4-6-18(2)11-3-5-16-10-7-9(14)8-17-13(10)11/h3,5,7-8H,4,6H2,1-2H3,(H,15,19). The van der Waals surface area contributed by atoms with Gasteiger partial charge in [-0.25, -0.2) is 0 Å². The Kier molecular flexibility index (Phi) is 4.31. The van der Waals surface area contributed by atoms with Gasteiger partial charge in [0.2, 0.25) is 5.91 Å². The van der Waals surface area contributed by atoms with Gasteiger partial charge in [0.1, 0.15) is 5.52 Å². The third-order valence-electron chi connectivity index (χ3n) is 2.89. The SMILES string of the molecule is CNC(=O)CCN(C)c1ccnc2cc(Br)cnc12. The molecule has 0 atom stereocenters. The van der Waals surface area contributed by atoms with Gasteiger partial charge in [0.15, 0.2) is 0 Å². The zero-order valence-electron chi connectivity index (χ0n) is 10.9. The highest BCUT2D eigenvalue weighted by Gasteiger charge is 2.09. The smallest absolute Gasteiger partial charge is 0.221 e. The number of hydrogen-bond acceptors (Lipinski definition) is 4. The van der Waals surface area contributed by atoms with E-state index in [4.69, 9.17) is 0 Å². The number of amides is 1. The Morgan fingerprint density at radius 3 is 3.00 bits per heavy atom. The van der Waals surface area contributed by atoms with Crippen LogP contribution >= 0.6 is 15.9 Å². The number of pyridine rings is 2. The van der Waals surface area contributed by atoms with E-state index < -0.39 is 0 Å². The summed E-state index contributed by atoms with van der Waals surface area (Å²) < 4.78 is 0.901. The van der Waals surface area contributed by atoms with Crippen LogP contribution in [-0.4, -0.2) is 36.5 Å². The minimum absolute atomic E-state index is 0.0286. The molecule has 2 heterocycles. The molecule has 0 aromatic carbocycles. The summed E-state index contributed by atoms with van der Waals surface area (Å²) in [7, 11) is 3.59. The third kappa shape index (κ3) is 3.20. The molecule has 0 aliphatic heterocycles. The Bertz CT molecular complexity index is 602. The average molecular weight is 323 g/mol. The van der Waals surface area contributed by atoms with E-state index in [-0.39, 0.29) is 5.91 Å². The van der Waals surface area contributed by atoms with Gasteiger partial charge in [0.05, 0.1) is 11.2 Å². The summed E-state index contributed by atoms with van der Waals surface area (Å²) in [6.07, 6.45) is 3.95. The fraction of sp³-hybridized carbons (Fsp3) is 0.308. The number of carbonyl (C=O) groups is 1. The molecule has 0 fully saturated rings. The summed E-state index contributed by atoms with van der Waals surface area (Å²) in [6, 6.07) is 3.84. The van der Waals surface area contributed by atoms with Crippen molar-refractivity contribution in [2.45, 2.75) is 6.42 Å². The highest BCUT2D eigenvalue weighted by atomic mass is 79.9. The maximum Gasteiger partial charge on any atom is 0.221 e. The molecule has 2 aromatic rings. The van der Waals surface area contributed by atoms with Gasteiger partial charge in [-0.15, -0.1) is 0 Å². The first-order valence-electron chi connectivity index (χ1n) is 5.94. The topological polar surface area (TPSA) is 58.1 Å². The van der Waals surface area contributed by atoms with Crippen LogP contribution in [0.2, 0.25) is 0 Å². The van der Waals surface area contributed by atoms with Crippen LogP contribution in [-0.2, 0) is 4.79 Å². The van der Waals surface area contributed by atoms with E-state index in [9.17, 15) is 4.79 Å². The first-order valence-corrected chi connectivity index (χ1v) is 6.73. The van der Waals surface area contributed by atoms with E-state index in [1.165, 1.54) is 0 Å². The second kappa shape index (κ2) is 5.97. The fourth-order valence-corrected chi connectivity index (χ4v) is 2.13. The van der Waals surface area contributed by atoms with Crippen molar-refractivity contribution < 1.29 is 4.79 Å². The average Bonchev–Trinajstić information content (AvgIpc) is 2.43. The van der Waals surface area contributed by atoms with Gasteiger partial charge in [0, 0.05) is 43.9 Å². The van der Waals surface area contributed by atoms with Crippen LogP contribution in [0.5, 0.6) is 0 Å². The normalized spacial score (nSPS) is 10.5. The Labute approximate surface area is 120 Å². The Morgan fingerprint density at radius 2 is 2.26 bits per heavy atom. The summed E-state index contributed by atoms with van der Waals surface area (Å²) in [4.78, 5) is 22.0. The number of hydrogen-bond donors (Lipinski definition) is 1. The summed E-state index contributed by atoms with van der Waals surface area (Å²) in [6.45, 7) is 0.635. The van der Waals surface area contributed by atoms with Crippen molar-refractivity contribution in [2.75, 3.05) is 25.5 Å². The van der Waals surface area contributed by atoms with Gasteiger partial charge in [-0.1, -0.05) is 0 Å². The lowest BCUT2D eigenvalue weighted by Crippen LogP contribution is -2.26. The highest BCUT2D eigenvalue weighted by Crippen LogP contribution is 2.24. The van der Waals surface area contributed by atoms with Gasteiger partial charge in [-0.3, -0.25) is 14.8 Å². The van der Waals surface area contributed by atoms with E-state index in [2.05, 4.69) is 31.2 Å². The molecule has 1 amide bonds. The van der Waals surface area contributed by atoms with Crippen LogP contribution in [0.3, 0.4) is 0 Å². The molecule has 2 rings (SSSR count). The molecule has 100 valence electrons. The van der Waals surface area contributed by atoms with Crippen molar-refractivity contribution in [1.82, 2.24) is 15.3 Å². The Balaban J connectivity index is 2.26. The minimum Gasteiger partial charge on any atom is -0.372 e. The molecular formula is C13H15BrN4O. The molecule has 19 heavy (non-hydrogen) atoms. The van der Waals surface area contributed by atoms with Crippen molar-refractivity contribution in [3.8, 4) is 0 Å². The Morgan fingerprint density at radius 1 is 1.47 bits per heavy atom. The lowest BCUT2D eigenvalue weighted by molar-refractivity contribution is -0.120. The van der Waals surface area contributed by atoms with Crippen LogP contribution in [0.25, 0.3) is 11.0 Å². The van der Waals surface area contributed by atoms with E-state index in [0.717, 1.165) is 21.2 Å². The summed E-state index contributed by atoms with van der Waals surface area (Å²) in [5.74, 6) is 0.0286. The van der Waals surface area contributed by atoms with Crippen LogP contribution in [0, 0.1) is 0 Å². The molecule has 2 aromatic heterocycles. The lowest BCUT2D eigenvalue weighted by Gasteiger charge is -2.19. The Hall–Kier alpha value is -1.69. The number of anilines is 1. The summed E-state index contributed by atoms with van der Waals surface area (Å²) in [5, 5.41) is 2.62. The fourth-order valence-electron chi connectivity index (χ4n) is 1.81. The largest absolute Gasteiger partial charge is 0.372 e. The number of nitrogens with one attached hydrogen (secondary N) is 1. The number of halogens is 1. The van der Waals surface area contributed by atoms with E-state index >= 15 is 0 Å². The molecule has 1 N–H and O–H groups in total. The maximum absolute atomic E-state index is 11.3. The molecule has 0 aliphatic rings. The molecule has 5 nitrogen and oxygen atoms in total. The van der Waals surface area contributed by atoms with Crippen LogP contribution < -0.4 is 10.2 Å². The second-order valence-corrected chi connectivity index (χ2v) is 5.11. The quantitative estimate of drug-likeness (QED) is 0.935. The summed E-state index contributed by atoms with van der Waals surface area (Å²) in [5.41, 5.74) is 2.64. The first-order chi connectivity index (χ1) is 9.11. The van der Waals surface area contributed by atoms with Crippen molar-refractivity contribution in [3.63, 3.8) is 0 Å². The third-order valence-corrected chi connectivity index (χ3v) is 3.32. The minimum atomic E-state index is 0.0286. The van der Waals surface area contributed by atoms with E-state index in [1.807, 2.05) is 24.1 Å². The predicted molar refractivity (Wildman–Crippen MR) is 79.2 cm³/mol. The lowest BCUT2D eigenvalue weighted by atomic mass is 10.2. The molecule has 0 unspecified atom stereocenters. The zero-order chi connectivity index (χ0) is 13.8. The van der Waals surface area contributed by atoms with Gasteiger partial charge >= 0.3 is 0 Å². The van der Waals surface area contributed by atoms with Gasteiger partial charge in [0.25, 0.3) is 0 Å².